The van der Waals surface area contributed by atoms with Gasteiger partial charge in [0.2, 0.25) is 10.0 Å². The summed E-state index contributed by atoms with van der Waals surface area (Å²) in [7, 11) is 0.422. The molecule has 1 aromatic rings. The van der Waals surface area contributed by atoms with Crippen molar-refractivity contribution in [3.63, 3.8) is 0 Å². The molecule has 0 spiro atoms. The quantitative estimate of drug-likeness (QED) is 0.608. The molecule has 5 nitrogen and oxygen atoms in total. The number of rotatable bonds is 7. The standard InChI is InChI=1S/C11H18ClN3O2S/c1-15(2)9-4-3-8-14-18(16,17)10-6-5-7-13-11(10)12/h5-7,14H,3-4,8-9H2,1-2H3. The van der Waals surface area contributed by atoms with E-state index in [0.717, 1.165) is 19.4 Å². The van der Waals surface area contributed by atoms with E-state index < -0.39 is 10.0 Å². The predicted octanol–water partition coefficient (Wildman–Crippen LogP) is 1.36. The van der Waals surface area contributed by atoms with Crippen molar-refractivity contribution in [2.24, 2.45) is 0 Å². The Morgan fingerprint density at radius 3 is 2.72 bits per heavy atom. The van der Waals surface area contributed by atoms with Gasteiger partial charge in [-0.25, -0.2) is 18.1 Å². The highest BCUT2D eigenvalue weighted by Gasteiger charge is 2.17. The Bertz CT molecular complexity index is 477. The summed E-state index contributed by atoms with van der Waals surface area (Å²) < 4.78 is 26.3. The van der Waals surface area contributed by atoms with Gasteiger partial charge in [0, 0.05) is 12.7 Å². The van der Waals surface area contributed by atoms with Crippen LogP contribution in [0.1, 0.15) is 12.8 Å². The molecule has 0 amide bonds. The minimum atomic E-state index is -3.55. The smallest absolute Gasteiger partial charge is 0.243 e. The third kappa shape index (κ3) is 4.89. The van der Waals surface area contributed by atoms with Crippen LogP contribution in [0.3, 0.4) is 0 Å². The Balaban J connectivity index is 2.49. The zero-order valence-electron chi connectivity index (χ0n) is 10.6. The van der Waals surface area contributed by atoms with Crippen molar-refractivity contribution >= 4 is 21.6 Å². The number of hydrogen-bond donors (Lipinski definition) is 1. The molecule has 0 aromatic carbocycles. The highest BCUT2D eigenvalue weighted by Crippen LogP contribution is 2.17. The van der Waals surface area contributed by atoms with Crippen molar-refractivity contribution in [2.75, 3.05) is 27.2 Å². The highest BCUT2D eigenvalue weighted by atomic mass is 35.5. The summed E-state index contributed by atoms with van der Waals surface area (Å²) in [6.45, 7) is 1.34. The maximum absolute atomic E-state index is 11.9. The van der Waals surface area contributed by atoms with Gasteiger partial charge in [-0.05, 0) is 45.6 Å². The van der Waals surface area contributed by atoms with Gasteiger partial charge in [0.25, 0.3) is 0 Å². The lowest BCUT2D eigenvalue weighted by atomic mass is 10.3. The molecule has 18 heavy (non-hydrogen) atoms. The average Bonchev–Trinajstić information content (AvgIpc) is 2.28. The third-order valence-corrected chi connectivity index (χ3v) is 4.24. The molecule has 0 bridgehead atoms. The van der Waals surface area contributed by atoms with E-state index in [2.05, 4.69) is 14.6 Å². The Labute approximate surface area is 113 Å². The molecule has 0 saturated carbocycles. The van der Waals surface area contributed by atoms with Crippen LogP contribution in [0.2, 0.25) is 5.15 Å². The van der Waals surface area contributed by atoms with Crippen LogP contribution in [-0.2, 0) is 10.0 Å². The molecule has 1 N–H and O–H groups in total. The van der Waals surface area contributed by atoms with Crippen molar-refractivity contribution in [1.82, 2.24) is 14.6 Å². The first kappa shape index (κ1) is 15.4. The molecule has 1 aromatic heterocycles. The second-order valence-corrected chi connectivity index (χ2v) is 6.29. The summed E-state index contributed by atoms with van der Waals surface area (Å²) in [5.74, 6) is 0. The molecule has 0 aliphatic heterocycles. The van der Waals surface area contributed by atoms with E-state index >= 15 is 0 Å². The first-order valence-corrected chi connectivity index (χ1v) is 7.54. The van der Waals surface area contributed by atoms with E-state index in [1.54, 1.807) is 6.07 Å². The van der Waals surface area contributed by atoms with Crippen LogP contribution < -0.4 is 4.72 Å². The predicted molar refractivity (Wildman–Crippen MR) is 72.2 cm³/mol. The molecule has 0 aliphatic carbocycles. The first-order valence-electron chi connectivity index (χ1n) is 5.68. The maximum atomic E-state index is 11.9. The van der Waals surface area contributed by atoms with Crippen LogP contribution in [0.4, 0.5) is 0 Å². The largest absolute Gasteiger partial charge is 0.309 e. The van der Waals surface area contributed by atoms with Crippen LogP contribution in [0.15, 0.2) is 23.2 Å². The summed E-state index contributed by atoms with van der Waals surface area (Å²) in [6.07, 6.45) is 3.18. The summed E-state index contributed by atoms with van der Waals surface area (Å²) in [5.41, 5.74) is 0. The molecule has 0 fully saturated rings. The Morgan fingerprint density at radius 2 is 2.11 bits per heavy atom. The van der Waals surface area contributed by atoms with Gasteiger partial charge in [-0.3, -0.25) is 0 Å². The number of sulfonamides is 1. The molecule has 0 saturated heterocycles. The molecule has 0 aliphatic rings. The summed E-state index contributed by atoms with van der Waals surface area (Å²) in [6, 6.07) is 2.99. The first-order chi connectivity index (χ1) is 8.43. The molecule has 0 radical (unpaired) electrons. The second kappa shape index (κ2) is 7.04. The van der Waals surface area contributed by atoms with Crippen LogP contribution >= 0.6 is 11.6 Å². The lowest BCUT2D eigenvalue weighted by Crippen LogP contribution is -2.26. The normalized spacial score (nSPS) is 12.0. The van der Waals surface area contributed by atoms with Crippen molar-refractivity contribution < 1.29 is 8.42 Å². The van der Waals surface area contributed by atoms with Crippen LogP contribution in [-0.4, -0.2) is 45.5 Å². The fourth-order valence-corrected chi connectivity index (χ4v) is 2.93. The van der Waals surface area contributed by atoms with E-state index in [-0.39, 0.29) is 10.0 Å². The Hall–Kier alpha value is -0.690. The molecule has 1 heterocycles. The number of unbranched alkanes of at least 4 members (excludes halogenated alkanes) is 1. The fraction of sp³-hybridized carbons (Fsp3) is 0.545. The van der Waals surface area contributed by atoms with E-state index in [1.165, 1.54) is 12.3 Å². The van der Waals surface area contributed by atoms with Crippen LogP contribution in [0, 0.1) is 0 Å². The van der Waals surface area contributed by atoms with Crippen molar-refractivity contribution in [3.8, 4) is 0 Å². The SMILES string of the molecule is CN(C)CCCCNS(=O)(=O)c1cccnc1Cl. The van der Waals surface area contributed by atoms with Crippen LogP contribution in [0.25, 0.3) is 0 Å². The zero-order valence-corrected chi connectivity index (χ0v) is 12.1. The fourth-order valence-electron chi connectivity index (χ4n) is 1.41. The van der Waals surface area contributed by atoms with Crippen molar-refractivity contribution in [1.29, 1.82) is 0 Å². The van der Waals surface area contributed by atoms with Gasteiger partial charge in [0.05, 0.1) is 0 Å². The summed E-state index contributed by atoms with van der Waals surface area (Å²) >= 11 is 5.75. The van der Waals surface area contributed by atoms with Gasteiger partial charge in [-0.2, -0.15) is 0 Å². The lowest BCUT2D eigenvalue weighted by molar-refractivity contribution is 0.394. The minimum Gasteiger partial charge on any atom is -0.309 e. The second-order valence-electron chi connectivity index (χ2n) is 4.20. The van der Waals surface area contributed by atoms with Gasteiger partial charge in [0.1, 0.15) is 10.0 Å². The summed E-state index contributed by atoms with van der Waals surface area (Å²) in [5, 5.41) is -0.00158. The van der Waals surface area contributed by atoms with E-state index in [9.17, 15) is 8.42 Å². The Morgan fingerprint density at radius 1 is 1.39 bits per heavy atom. The monoisotopic (exact) mass is 291 g/mol. The van der Waals surface area contributed by atoms with E-state index in [4.69, 9.17) is 11.6 Å². The minimum absolute atomic E-state index is 0.00158. The molecule has 7 heteroatoms. The molecule has 1 rings (SSSR count). The number of pyridine rings is 1. The van der Waals surface area contributed by atoms with Gasteiger partial charge in [-0.1, -0.05) is 11.6 Å². The topological polar surface area (TPSA) is 62.3 Å². The Kier molecular flexibility index (Phi) is 6.01. The van der Waals surface area contributed by atoms with Crippen LogP contribution in [0.5, 0.6) is 0 Å². The number of halogens is 1. The number of nitrogens with one attached hydrogen (secondary N) is 1. The number of aromatic nitrogens is 1. The third-order valence-electron chi connectivity index (χ3n) is 2.34. The molecule has 0 atom stereocenters. The van der Waals surface area contributed by atoms with Gasteiger partial charge < -0.3 is 4.90 Å². The van der Waals surface area contributed by atoms with E-state index in [1.807, 2.05) is 14.1 Å². The molecular weight excluding hydrogens is 274 g/mol. The maximum Gasteiger partial charge on any atom is 0.243 e. The molecule has 102 valence electrons. The van der Waals surface area contributed by atoms with Crippen molar-refractivity contribution in [3.05, 3.63) is 23.5 Å². The highest BCUT2D eigenvalue weighted by molar-refractivity contribution is 7.89. The number of hydrogen-bond acceptors (Lipinski definition) is 4. The van der Waals surface area contributed by atoms with Gasteiger partial charge in [0.15, 0.2) is 0 Å². The zero-order chi connectivity index (χ0) is 13.6. The molecule has 0 unspecified atom stereocenters. The van der Waals surface area contributed by atoms with Gasteiger partial charge in [-0.15, -0.1) is 0 Å². The molecular formula is C11H18ClN3O2S. The average molecular weight is 292 g/mol. The van der Waals surface area contributed by atoms with Gasteiger partial charge >= 0.3 is 0 Å². The van der Waals surface area contributed by atoms with E-state index in [0.29, 0.717) is 6.54 Å². The number of nitrogens with zero attached hydrogens (tertiary/aromatic N) is 2. The summed E-state index contributed by atoms with van der Waals surface area (Å²) in [4.78, 5) is 5.84. The van der Waals surface area contributed by atoms with Crippen molar-refractivity contribution in [2.45, 2.75) is 17.7 Å². The lowest BCUT2D eigenvalue weighted by Gasteiger charge is -2.10.